The van der Waals surface area contributed by atoms with E-state index in [0.29, 0.717) is 11.3 Å². The average molecular weight is 450 g/mol. The molecule has 0 saturated carbocycles. The predicted octanol–water partition coefficient (Wildman–Crippen LogP) is 4.67. The van der Waals surface area contributed by atoms with Crippen LogP contribution in [0.25, 0.3) is 0 Å². The van der Waals surface area contributed by atoms with Crippen LogP contribution < -0.4 is 14.5 Å². The van der Waals surface area contributed by atoms with Gasteiger partial charge in [-0.1, -0.05) is 35.9 Å². The lowest BCUT2D eigenvalue weighted by atomic mass is 10.2. The fourth-order valence-corrected chi connectivity index (χ4v) is 5.10. The van der Waals surface area contributed by atoms with Crippen molar-refractivity contribution >= 4 is 33.0 Å². The van der Waals surface area contributed by atoms with Crippen molar-refractivity contribution < 1.29 is 13.2 Å². The molecule has 1 aliphatic heterocycles. The number of hydrogen-bond acceptors (Lipinski definition) is 4. The molecule has 6 nitrogen and oxygen atoms in total. The summed E-state index contributed by atoms with van der Waals surface area (Å²) < 4.78 is 27.6. The van der Waals surface area contributed by atoms with Crippen LogP contribution in [0.3, 0.4) is 0 Å². The molecule has 1 heterocycles. The van der Waals surface area contributed by atoms with Crippen molar-refractivity contribution in [3.05, 3.63) is 83.9 Å². The van der Waals surface area contributed by atoms with Gasteiger partial charge in [0.15, 0.2) is 0 Å². The Bertz CT molecular complexity index is 1220. The zero-order chi connectivity index (χ0) is 22.7. The van der Waals surface area contributed by atoms with E-state index < -0.39 is 10.0 Å². The van der Waals surface area contributed by atoms with Crippen molar-refractivity contribution in [3.8, 4) is 0 Å². The lowest BCUT2D eigenvalue weighted by Gasteiger charge is -2.22. The van der Waals surface area contributed by atoms with Gasteiger partial charge in [0, 0.05) is 25.7 Å². The van der Waals surface area contributed by atoms with Crippen LogP contribution in [0.5, 0.6) is 0 Å². The van der Waals surface area contributed by atoms with Gasteiger partial charge >= 0.3 is 0 Å². The highest BCUT2D eigenvalue weighted by atomic mass is 32.2. The van der Waals surface area contributed by atoms with Crippen molar-refractivity contribution in [3.63, 3.8) is 0 Å². The number of nitrogens with one attached hydrogen (secondary N) is 1. The fraction of sp³-hybridized carbons (Fsp3) is 0.240. The van der Waals surface area contributed by atoms with Gasteiger partial charge < -0.3 is 10.2 Å². The SMILES string of the molecule is Cc1ccc(N(C)S(=O)(=O)c2cccc(C(=O)Nc3ccccc3N3CCCC3)c2)cc1. The lowest BCUT2D eigenvalue weighted by Crippen LogP contribution is -2.27. The van der Waals surface area contributed by atoms with Crippen molar-refractivity contribution in [2.75, 3.05) is 34.7 Å². The van der Waals surface area contributed by atoms with E-state index in [1.165, 1.54) is 23.5 Å². The van der Waals surface area contributed by atoms with Gasteiger partial charge in [0.2, 0.25) is 0 Å². The molecule has 0 spiro atoms. The minimum absolute atomic E-state index is 0.0704. The second-order valence-corrected chi connectivity index (χ2v) is 9.97. The molecule has 1 aliphatic rings. The highest BCUT2D eigenvalue weighted by Crippen LogP contribution is 2.29. The first-order valence-corrected chi connectivity index (χ1v) is 12.1. The number of nitrogens with zero attached hydrogens (tertiary/aromatic N) is 2. The van der Waals surface area contributed by atoms with E-state index >= 15 is 0 Å². The summed E-state index contributed by atoms with van der Waals surface area (Å²) in [5, 5.41) is 2.96. The molecule has 3 aromatic rings. The summed E-state index contributed by atoms with van der Waals surface area (Å²) in [5.74, 6) is -0.341. The topological polar surface area (TPSA) is 69.7 Å². The number of anilines is 3. The Morgan fingerprint density at radius 1 is 0.938 bits per heavy atom. The number of aryl methyl sites for hydroxylation is 1. The van der Waals surface area contributed by atoms with Crippen LogP contribution in [-0.4, -0.2) is 34.5 Å². The smallest absolute Gasteiger partial charge is 0.264 e. The van der Waals surface area contributed by atoms with Gasteiger partial charge in [-0.3, -0.25) is 9.10 Å². The molecular formula is C25H27N3O3S. The molecule has 0 aromatic heterocycles. The van der Waals surface area contributed by atoms with Crippen LogP contribution in [0.2, 0.25) is 0 Å². The molecule has 1 amide bonds. The van der Waals surface area contributed by atoms with E-state index in [9.17, 15) is 13.2 Å². The second kappa shape index (κ2) is 9.04. The summed E-state index contributed by atoms with van der Waals surface area (Å²) in [7, 11) is -2.30. The van der Waals surface area contributed by atoms with E-state index in [-0.39, 0.29) is 10.8 Å². The van der Waals surface area contributed by atoms with Gasteiger partial charge in [0.25, 0.3) is 15.9 Å². The lowest BCUT2D eigenvalue weighted by molar-refractivity contribution is 0.102. The van der Waals surface area contributed by atoms with E-state index in [0.717, 1.165) is 42.9 Å². The fourth-order valence-electron chi connectivity index (χ4n) is 3.86. The zero-order valence-electron chi connectivity index (χ0n) is 18.3. The van der Waals surface area contributed by atoms with Crippen LogP contribution in [-0.2, 0) is 10.0 Å². The average Bonchev–Trinajstić information content (AvgIpc) is 3.34. The maximum Gasteiger partial charge on any atom is 0.264 e. The summed E-state index contributed by atoms with van der Waals surface area (Å²) in [6.45, 7) is 3.88. The normalized spacial score (nSPS) is 13.8. The molecule has 32 heavy (non-hydrogen) atoms. The molecule has 3 aromatic carbocycles. The Labute approximate surface area is 189 Å². The van der Waals surface area contributed by atoms with Crippen molar-refractivity contribution in [1.82, 2.24) is 0 Å². The van der Waals surface area contributed by atoms with Crippen molar-refractivity contribution in [1.29, 1.82) is 0 Å². The zero-order valence-corrected chi connectivity index (χ0v) is 19.1. The molecule has 0 unspecified atom stereocenters. The van der Waals surface area contributed by atoms with Crippen LogP contribution >= 0.6 is 0 Å². The van der Waals surface area contributed by atoms with Crippen LogP contribution in [0.4, 0.5) is 17.1 Å². The number of carbonyl (C=O) groups excluding carboxylic acids is 1. The van der Waals surface area contributed by atoms with E-state index in [4.69, 9.17) is 0 Å². The maximum atomic E-state index is 13.2. The first kappa shape index (κ1) is 21.9. The van der Waals surface area contributed by atoms with Gasteiger partial charge in [0.05, 0.1) is 22.0 Å². The minimum Gasteiger partial charge on any atom is -0.370 e. The standard InChI is InChI=1S/C25H27N3O3S/c1-19-12-14-21(15-13-19)27(2)32(30,31)22-9-7-8-20(18-22)25(29)26-23-10-3-4-11-24(23)28-16-5-6-17-28/h3-4,7-15,18H,5-6,16-17H2,1-2H3,(H,26,29). The van der Waals surface area contributed by atoms with Gasteiger partial charge in [0.1, 0.15) is 0 Å². The Hall–Kier alpha value is -3.32. The van der Waals surface area contributed by atoms with Crippen LogP contribution in [0.15, 0.2) is 77.7 Å². The van der Waals surface area contributed by atoms with E-state index in [1.807, 2.05) is 43.3 Å². The minimum atomic E-state index is -3.81. The molecule has 0 radical (unpaired) electrons. The van der Waals surface area contributed by atoms with Crippen LogP contribution in [0, 0.1) is 6.92 Å². The van der Waals surface area contributed by atoms with Gasteiger partial charge in [-0.15, -0.1) is 0 Å². The summed E-state index contributed by atoms with van der Waals surface area (Å²) in [6.07, 6.45) is 2.27. The van der Waals surface area contributed by atoms with Gasteiger partial charge in [-0.2, -0.15) is 0 Å². The molecule has 1 saturated heterocycles. The molecule has 7 heteroatoms. The van der Waals surface area contributed by atoms with E-state index in [1.54, 1.807) is 24.3 Å². The number of sulfonamides is 1. The summed E-state index contributed by atoms with van der Waals surface area (Å²) in [4.78, 5) is 15.3. The van der Waals surface area contributed by atoms with Crippen LogP contribution in [0.1, 0.15) is 28.8 Å². The quantitative estimate of drug-likeness (QED) is 0.594. The Kier molecular flexibility index (Phi) is 6.19. The molecule has 0 atom stereocenters. The third-order valence-corrected chi connectivity index (χ3v) is 7.53. The highest BCUT2D eigenvalue weighted by Gasteiger charge is 2.23. The largest absolute Gasteiger partial charge is 0.370 e. The maximum absolute atomic E-state index is 13.2. The Morgan fingerprint density at radius 3 is 2.34 bits per heavy atom. The number of amides is 1. The predicted molar refractivity (Wildman–Crippen MR) is 129 cm³/mol. The molecular weight excluding hydrogens is 422 g/mol. The first-order valence-electron chi connectivity index (χ1n) is 10.7. The molecule has 1 fully saturated rings. The highest BCUT2D eigenvalue weighted by molar-refractivity contribution is 7.92. The molecule has 4 rings (SSSR count). The Balaban J connectivity index is 1.58. The summed E-state index contributed by atoms with van der Waals surface area (Å²) >= 11 is 0. The number of para-hydroxylation sites is 2. The second-order valence-electron chi connectivity index (χ2n) is 8.00. The van der Waals surface area contributed by atoms with E-state index in [2.05, 4.69) is 10.2 Å². The molecule has 0 aliphatic carbocycles. The summed E-state index contributed by atoms with van der Waals surface area (Å²) in [5.41, 5.74) is 3.61. The third-order valence-electron chi connectivity index (χ3n) is 5.75. The number of carbonyl (C=O) groups is 1. The number of benzene rings is 3. The first-order chi connectivity index (χ1) is 15.4. The number of rotatable bonds is 6. The summed E-state index contributed by atoms with van der Waals surface area (Å²) in [6, 6.07) is 21.1. The Morgan fingerprint density at radius 2 is 1.62 bits per heavy atom. The van der Waals surface area contributed by atoms with Crippen molar-refractivity contribution in [2.45, 2.75) is 24.7 Å². The number of hydrogen-bond donors (Lipinski definition) is 1. The molecule has 166 valence electrons. The van der Waals surface area contributed by atoms with Gasteiger partial charge in [-0.05, 0) is 62.2 Å². The van der Waals surface area contributed by atoms with Gasteiger partial charge in [-0.25, -0.2) is 8.42 Å². The third kappa shape index (κ3) is 4.48. The van der Waals surface area contributed by atoms with Crippen molar-refractivity contribution in [2.24, 2.45) is 0 Å². The molecule has 1 N–H and O–H groups in total. The monoisotopic (exact) mass is 449 g/mol. The molecule has 0 bridgehead atoms.